The third-order valence-corrected chi connectivity index (χ3v) is 5.05. The van der Waals surface area contributed by atoms with E-state index in [4.69, 9.17) is 4.84 Å². The van der Waals surface area contributed by atoms with Gasteiger partial charge in [0.05, 0.1) is 24.2 Å². The zero-order valence-electron chi connectivity index (χ0n) is 16.3. The molecule has 4 rings (SSSR count). The van der Waals surface area contributed by atoms with E-state index in [9.17, 15) is 10.2 Å². The van der Waals surface area contributed by atoms with Gasteiger partial charge in [-0.15, -0.1) is 5.10 Å². The minimum atomic E-state index is -0.0478. The van der Waals surface area contributed by atoms with Gasteiger partial charge in [0, 0.05) is 18.2 Å². The van der Waals surface area contributed by atoms with Gasteiger partial charge in [-0.1, -0.05) is 25.1 Å². The van der Waals surface area contributed by atoms with Crippen LogP contribution in [0.25, 0.3) is 16.9 Å². The van der Waals surface area contributed by atoms with Crippen molar-refractivity contribution in [2.75, 3.05) is 18.2 Å². The molecule has 1 aliphatic rings. The van der Waals surface area contributed by atoms with Crippen LogP contribution < -0.4 is 5.06 Å². The fourth-order valence-corrected chi connectivity index (χ4v) is 3.55. The van der Waals surface area contributed by atoms with Gasteiger partial charge in [0.1, 0.15) is 17.2 Å². The SMILES string of the molecule is Cc1cc(N2CCCO2)ccc1-c1cnnn1-c1cc(C(C)C)c(O)cc1O. The van der Waals surface area contributed by atoms with Crippen LogP contribution in [0.15, 0.2) is 36.5 Å². The summed E-state index contributed by atoms with van der Waals surface area (Å²) in [5, 5.41) is 30.7. The van der Waals surface area contributed by atoms with E-state index in [1.807, 2.05) is 38.0 Å². The van der Waals surface area contributed by atoms with Crippen LogP contribution in [-0.2, 0) is 4.84 Å². The van der Waals surface area contributed by atoms with E-state index in [-0.39, 0.29) is 17.4 Å². The highest BCUT2D eigenvalue weighted by atomic mass is 16.7. The minimum Gasteiger partial charge on any atom is -0.508 e. The number of nitrogens with zero attached hydrogens (tertiary/aromatic N) is 4. The number of hydrogen-bond donors (Lipinski definition) is 2. The van der Waals surface area contributed by atoms with Crippen LogP contribution in [0.2, 0.25) is 0 Å². The highest BCUT2D eigenvalue weighted by molar-refractivity contribution is 5.69. The van der Waals surface area contributed by atoms with Gasteiger partial charge in [-0.2, -0.15) is 0 Å². The van der Waals surface area contributed by atoms with Gasteiger partial charge in [-0.25, -0.2) is 4.68 Å². The second-order valence-electron chi connectivity index (χ2n) is 7.37. The molecule has 0 atom stereocenters. The quantitative estimate of drug-likeness (QED) is 0.714. The fraction of sp³-hybridized carbons (Fsp3) is 0.333. The highest BCUT2D eigenvalue weighted by Crippen LogP contribution is 2.36. The molecule has 3 aromatic rings. The number of aromatic hydroxyl groups is 2. The van der Waals surface area contributed by atoms with Crippen LogP contribution >= 0.6 is 0 Å². The monoisotopic (exact) mass is 380 g/mol. The molecule has 1 aliphatic heterocycles. The van der Waals surface area contributed by atoms with Gasteiger partial charge >= 0.3 is 0 Å². The summed E-state index contributed by atoms with van der Waals surface area (Å²) in [7, 11) is 0. The summed E-state index contributed by atoms with van der Waals surface area (Å²) in [4.78, 5) is 5.63. The van der Waals surface area contributed by atoms with Gasteiger partial charge in [-0.05, 0) is 48.6 Å². The Kier molecular flexibility index (Phi) is 4.68. The van der Waals surface area contributed by atoms with Crippen LogP contribution in [0.3, 0.4) is 0 Å². The third kappa shape index (κ3) is 3.18. The average Bonchev–Trinajstić information content (AvgIpc) is 3.33. The number of anilines is 1. The summed E-state index contributed by atoms with van der Waals surface area (Å²) in [5.41, 5.74) is 5.03. The van der Waals surface area contributed by atoms with Gasteiger partial charge in [-0.3, -0.25) is 9.90 Å². The highest BCUT2D eigenvalue weighted by Gasteiger charge is 2.19. The van der Waals surface area contributed by atoms with Gasteiger partial charge in [0.15, 0.2) is 0 Å². The molecule has 28 heavy (non-hydrogen) atoms. The molecule has 7 nitrogen and oxygen atoms in total. The van der Waals surface area contributed by atoms with Crippen LogP contribution in [0.1, 0.15) is 37.3 Å². The van der Waals surface area contributed by atoms with E-state index in [1.165, 1.54) is 6.07 Å². The molecule has 2 heterocycles. The Morgan fingerprint density at radius 2 is 1.93 bits per heavy atom. The van der Waals surface area contributed by atoms with Gasteiger partial charge in [0.2, 0.25) is 0 Å². The second-order valence-corrected chi connectivity index (χ2v) is 7.37. The smallest absolute Gasteiger partial charge is 0.145 e. The standard InChI is InChI=1S/C21H24N4O3/c1-13(2)17-10-18(21(27)11-20(17)26)25-19(12-22-23-25)16-6-5-15(9-14(16)3)24-7-4-8-28-24/h5-6,9-13,26-27H,4,7-8H2,1-3H3. The average molecular weight is 380 g/mol. The Labute approximate surface area is 163 Å². The largest absolute Gasteiger partial charge is 0.508 e. The number of benzene rings is 2. The van der Waals surface area contributed by atoms with E-state index in [1.54, 1.807) is 16.9 Å². The lowest BCUT2D eigenvalue weighted by Crippen LogP contribution is -2.16. The van der Waals surface area contributed by atoms with Crippen molar-refractivity contribution in [2.24, 2.45) is 0 Å². The maximum absolute atomic E-state index is 10.4. The lowest BCUT2D eigenvalue weighted by molar-refractivity contribution is 0.168. The zero-order chi connectivity index (χ0) is 19.8. The van der Waals surface area contributed by atoms with Crippen LogP contribution in [0, 0.1) is 6.92 Å². The van der Waals surface area contributed by atoms with Crippen molar-refractivity contribution < 1.29 is 15.1 Å². The lowest BCUT2D eigenvalue weighted by Gasteiger charge is -2.18. The molecule has 0 bridgehead atoms. The summed E-state index contributed by atoms with van der Waals surface area (Å²) in [6.45, 7) is 7.64. The number of phenolic OH excluding ortho intramolecular Hbond substituents is 2. The molecule has 0 unspecified atom stereocenters. The lowest BCUT2D eigenvalue weighted by atomic mass is 10.0. The number of aryl methyl sites for hydroxylation is 1. The van der Waals surface area contributed by atoms with Crippen molar-refractivity contribution in [3.8, 4) is 28.4 Å². The molecule has 1 aromatic heterocycles. The van der Waals surface area contributed by atoms with E-state index in [0.717, 1.165) is 47.6 Å². The van der Waals surface area contributed by atoms with Gasteiger partial charge < -0.3 is 10.2 Å². The van der Waals surface area contributed by atoms with E-state index in [0.29, 0.717) is 5.69 Å². The Hall–Kier alpha value is -3.06. The molecule has 0 radical (unpaired) electrons. The van der Waals surface area contributed by atoms with Crippen molar-refractivity contribution in [3.05, 3.63) is 47.7 Å². The van der Waals surface area contributed by atoms with Crippen molar-refractivity contribution in [1.82, 2.24) is 15.0 Å². The zero-order valence-corrected chi connectivity index (χ0v) is 16.3. The molecule has 2 N–H and O–H groups in total. The fourth-order valence-electron chi connectivity index (χ4n) is 3.55. The van der Waals surface area contributed by atoms with Crippen molar-refractivity contribution in [3.63, 3.8) is 0 Å². The minimum absolute atomic E-state index is 0.0478. The predicted molar refractivity (Wildman–Crippen MR) is 107 cm³/mol. The summed E-state index contributed by atoms with van der Waals surface area (Å²) in [6.07, 6.45) is 2.70. The molecule has 0 amide bonds. The Bertz CT molecular complexity index is 1010. The van der Waals surface area contributed by atoms with E-state index >= 15 is 0 Å². The van der Waals surface area contributed by atoms with Crippen molar-refractivity contribution in [1.29, 1.82) is 0 Å². The molecule has 1 saturated heterocycles. The third-order valence-electron chi connectivity index (χ3n) is 5.05. The molecule has 0 spiro atoms. The molecule has 0 aliphatic carbocycles. The molecule has 1 fully saturated rings. The second kappa shape index (κ2) is 7.16. The number of aromatic nitrogens is 3. The first kappa shape index (κ1) is 18.3. The number of hydrogen-bond acceptors (Lipinski definition) is 6. The van der Waals surface area contributed by atoms with Crippen LogP contribution in [0.5, 0.6) is 11.5 Å². The van der Waals surface area contributed by atoms with Crippen molar-refractivity contribution >= 4 is 5.69 Å². The molecule has 2 aromatic carbocycles. The molecule has 0 saturated carbocycles. The first-order chi connectivity index (χ1) is 13.5. The first-order valence-corrected chi connectivity index (χ1v) is 9.44. The summed E-state index contributed by atoms with van der Waals surface area (Å²) in [5.74, 6) is 0.130. The number of hydroxylamine groups is 1. The topological polar surface area (TPSA) is 83.6 Å². The maximum Gasteiger partial charge on any atom is 0.145 e. The summed E-state index contributed by atoms with van der Waals surface area (Å²) >= 11 is 0. The Balaban J connectivity index is 1.77. The molecular weight excluding hydrogens is 356 g/mol. The molecule has 146 valence electrons. The first-order valence-electron chi connectivity index (χ1n) is 9.44. The summed E-state index contributed by atoms with van der Waals surface area (Å²) in [6, 6.07) is 9.23. The van der Waals surface area contributed by atoms with Crippen LogP contribution in [-0.4, -0.2) is 38.4 Å². The van der Waals surface area contributed by atoms with Crippen LogP contribution in [0.4, 0.5) is 5.69 Å². The predicted octanol–water partition coefficient (Wildman–Crippen LogP) is 3.92. The van der Waals surface area contributed by atoms with E-state index < -0.39 is 0 Å². The normalized spacial score (nSPS) is 14.2. The van der Waals surface area contributed by atoms with Gasteiger partial charge in [0.25, 0.3) is 0 Å². The number of phenols is 2. The molecular formula is C21H24N4O3. The van der Waals surface area contributed by atoms with E-state index in [2.05, 4.69) is 16.4 Å². The number of rotatable bonds is 4. The molecule has 7 heteroatoms. The Morgan fingerprint density at radius 1 is 1.11 bits per heavy atom. The maximum atomic E-state index is 10.4. The summed E-state index contributed by atoms with van der Waals surface area (Å²) < 4.78 is 1.61. The Morgan fingerprint density at radius 3 is 2.61 bits per heavy atom. The van der Waals surface area contributed by atoms with Crippen molar-refractivity contribution in [2.45, 2.75) is 33.1 Å².